The predicted molar refractivity (Wildman–Crippen MR) is 183 cm³/mol. The van der Waals surface area contributed by atoms with Gasteiger partial charge in [-0.2, -0.15) is 0 Å². The van der Waals surface area contributed by atoms with Gasteiger partial charge in [0.15, 0.2) is 23.0 Å². The fraction of sp³-hybridized carbons (Fsp3) is 0.400. The zero-order valence-corrected chi connectivity index (χ0v) is 29.4. The first-order valence-electron chi connectivity index (χ1n) is 15.1. The molecule has 0 saturated carbocycles. The van der Waals surface area contributed by atoms with Gasteiger partial charge >= 0.3 is 0 Å². The van der Waals surface area contributed by atoms with Gasteiger partial charge < -0.3 is 28.4 Å². The van der Waals surface area contributed by atoms with Crippen LogP contribution in [-0.4, -0.2) is 63.6 Å². The van der Waals surface area contributed by atoms with E-state index in [9.17, 15) is 10.0 Å². The molecular formula is C35H39Cl2NO8S. The van der Waals surface area contributed by atoms with Gasteiger partial charge in [0.1, 0.15) is 0 Å². The molecule has 1 heterocycles. The molecule has 1 aliphatic rings. The number of halogens is 2. The fourth-order valence-corrected chi connectivity index (χ4v) is 6.34. The highest BCUT2D eigenvalue weighted by atomic mass is 35.5. The van der Waals surface area contributed by atoms with Crippen LogP contribution in [0.25, 0.3) is 0 Å². The lowest BCUT2D eigenvalue weighted by molar-refractivity contribution is -0.151. The highest BCUT2D eigenvalue weighted by Crippen LogP contribution is 2.46. The molecule has 1 N–H and O–H groups in total. The monoisotopic (exact) mass is 703 g/mol. The second kappa shape index (κ2) is 17.6. The minimum atomic E-state index is -0.455. The Morgan fingerprint density at radius 3 is 2.28 bits per heavy atom. The van der Waals surface area contributed by atoms with Crippen LogP contribution in [0.2, 0.25) is 10.0 Å². The molecule has 0 radical (unpaired) electrons. The summed E-state index contributed by atoms with van der Waals surface area (Å²) in [4.78, 5) is 13.0. The van der Waals surface area contributed by atoms with E-state index in [2.05, 4.69) is 12.0 Å². The van der Waals surface area contributed by atoms with Crippen molar-refractivity contribution >= 4 is 40.9 Å². The highest BCUT2D eigenvalue weighted by molar-refractivity contribution is 7.99. The van der Waals surface area contributed by atoms with Crippen molar-refractivity contribution in [2.45, 2.75) is 49.5 Å². The van der Waals surface area contributed by atoms with Crippen molar-refractivity contribution < 1.29 is 38.4 Å². The first-order chi connectivity index (χ1) is 22.7. The standard InChI is InChI=1S/C35H39Cl2NO8S/c1-6-8-33(39)38(40)12-7-9-22-15-23(16-30(41-2)34(22)45-13-14-47-26-10-11-27(36)28(37)20-26)25-19-29(46-21-25)24-17-31(42-3)35(44-5)32(18-24)43-4/h10-11,15-18,20,25,29,40H,6,8-9,13-14,19,21H2,1-5H3. The number of hydrogen-bond donors (Lipinski definition) is 1. The van der Waals surface area contributed by atoms with Crippen molar-refractivity contribution in [3.8, 4) is 40.7 Å². The van der Waals surface area contributed by atoms with Crippen molar-refractivity contribution in [1.29, 1.82) is 0 Å². The summed E-state index contributed by atoms with van der Waals surface area (Å²) in [5, 5.41) is 11.5. The number of amides is 1. The van der Waals surface area contributed by atoms with E-state index in [1.165, 1.54) is 0 Å². The lowest BCUT2D eigenvalue weighted by Crippen LogP contribution is -2.21. The molecule has 0 spiro atoms. The van der Waals surface area contributed by atoms with Crippen LogP contribution in [0.5, 0.6) is 28.7 Å². The van der Waals surface area contributed by atoms with Gasteiger partial charge in [0.2, 0.25) is 5.75 Å². The zero-order chi connectivity index (χ0) is 33.9. The van der Waals surface area contributed by atoms with Gasteiger partial charge in [-0.05, 0) is 60.4 Å². The molecule has 1 aliphatic heterocycles. The lowest BCUT2D eigenvalue weighted by atomic mass is 9.91. The Bertz CT molecular complexity index is 1580. The number of carbonyl (C=O) groups is 1. The van der Waals surface area contributed by atoms with Crippen molar-refractivity contribution in [3.05, 3.63) is 69.2 Å². The molecule has 1 amide bonds. The van der Waals surface area contributed by atoms with E-state index in [1.54, 1.807) is 46.3 Å². The van der Waals surface area contributed by atoms with Crippen LogP contribution in [0.15, 0.2) is 47.4 Å². The number of nitrogens with zero attached hydrogens (tertiary/aromatic N) is 1. The number of carbonyl (C=O) groups excluding carboxylic acids is 1. The SMILES string of the molecule is CCCC(=O)N(O)C#CCc1cc(C2COC(c3cc(OC)c(OC)c(OC)c3)C2)cc(OC)c1OCCSc1ccc(Cl)c(Cl)c1. The molecule has 2 atom stereocenters. The first kappa shape index (κ1) is 36.4. The van der Waals surface area contributed by atoms with Crippen molar-refractivity contribution in [2.24, 2.45) is 0 Å². The molecule has 1 fully saturated rings. The summed E-state index contributed by atoms with van der Waals surface area (Å²) in [7, 11) is 6.33. The molecular weight excluding hydrogens is 665 g/mol. The quantitative estimate of drug-likeness (QED) is 0.0448. The van der Waals surface area contributed by atoms with E-state index >= 15 is 0 Å². The van der Waals surface area contributed by atoms with Gasteiger partial charge in [-0.25, -0.2) is 0 Å². The topological polar surface area (TPSA) is 95.9 Å². The molecule has 47 heavy (non-hydrogen) atoms. The maximum atomic E-state index is 12.1. The first-order valence-corrected chi connectivity index (χ1v) is 16.8. The van der Waals surface area contributed by atoms with Crippen LogP contribution < -0.4 is 23.7 Å². The molecule has 0 bridgehead atoms. The Morgan fingerprint density at radius 2 is 1.64 bits per heavy atom. The maximum absolute atomic E-state index is 12.1. The molecule has 12 heteroatoms. The molecule has 252 valence electrons. The maximum Gasteiger partial charge on any atom is 0.258 e. The third-order valence-electron chi connectivity index (χ3n) is 7.55. The molecule has 9 nitrogen and oxygen atoms in total. The van der Waals surface area contributed by atoms with Gasteiger partial charge in [0.25, 0.3) is 5.91 Å². The van der Waals surface area contributed by atoms with Crippen LogP contribution in [-0.2, 0) is 16.0 Å². The van der Waals surface area contributed by atoms with Crippen LogP contribution in [0.3, 0.4) is 0 Å². The second-order valence-corrected chi connectivity index (χ2v) is 12.6. The van der Waals surface area contributed by atoms with Crippen molar-refractivity contribution in [3.63, 3.8) is 0 Å². The summed E-state index contributed by atoms with van der Waals surface area (Å²) in [5.74, 6) is 5.88. The summed E-state index contributed by atoms with van der Waals surface area (Å²) < 4.78 is 34.9. The average molecular weight is 705 g/mol. The van der Waals surface area contributed by atoms with Crippen LogP contribution in [0, 0.1) is 12.0 Å². The van der Waals surface area contributed by atoms with Gasteiger partial charge in [-0.3, -0.25) is 10.0 Å². The van der Waals surface area contributed by atoms with E-state index < -0.39 is 5.91 Å². The molecule has 0 aromatic heterocycles. The third kappa shape index (κ3) is 9.34. The van der Waals surface area contributed by atoms with E-state index in [0.29, 0.717) is 75.7 Å². The number of ether oxygens (including phenoxy) is 6. The Hall–Kier alpha value is -3.46. The predicted octanol–water partition coefficient (Wildman–Crippen LogP) is 7.97. The van der Waals surface area contributed by atoms with Crippen molar-refractivity contribution in [2.75, 3.05) is 47.4 Å². The van der Waals surface area contributed by atoms with Gasteiger partial charge in [-0.1, -0.05) is 42.1 Å². The van der Waals surface area contributed by atoms with Gasteiger partial charge in [0.05, 0.1) is 57.8 Å². The largest absolute Gasteiger partial charge is 0.493 e. The number of hydroxylamine groups is 2. The normalized spacial score (nSPS) is 15.4. The summed E-state index contributed by atoms with van der Waals surface area (Å²) >= 11 is 13.8. The second-order valence-electron chi connectivity index (χ2n) is 10.6. The summed E-state index contributed by atoms with van der Waals surface area (Å²) in [6.45, 7) is 2.71. The summed E-state index contributed by atoms with van der Waals surface area (Å²) in [6.07, 6.45) is 1.51. The Balaban J connectivity index is 1.57. The fourth-order valence-electron chi connectivity index (χ4n) is 5.21. The van der Waals surface area contributed by atoms with E-state index in [4.69, 9.17) is 51.6 Å². The Kier molecular flexibility index (Phi) is 13.6. The summed E-state index contributed by atoms with van der Waals surface area (Å²) in [5.41, 5.74) is 2.67. The van der Waals surface area contributed by atoms with E-state index in [-0.39, 0.29) is 24.9 Å². The highest BCUT2D eigenvalue weighted by Gasteiger charge is 2.31. The van der Waals surface area contributed by atoms with Gasteiger partial charge in [0, 0.05) is 41.0 Å². The minimum absolute atomic E-state index is 0.0411. The molecule has 1 saturated heterocycles. The number of methoxy groups -OCH3 is 4. The Labute approximate surface area is 290 Å². The Morgan fingerprint density at radius 1 is 0.957 bits per heavy atom. The molecule has 3 aromatic carbocycles. The third-order valence-corrected chi connectivity index (χ3v) is 9.25. The molecule has 4 rings (SSSR count). The smallest absolute Gasteiger partial charge is 0.258 e. The number of rotatable bonds is 14. The minimum Gasteiger partial charge on any atom is -0.493 e. The van der Waals surface area contributed by atoms with E-state index in [0.717, 1.165) is 21.6 Å². The number of benzene rings is 3. The molecule has 3 aromatic rings. The number of hydrogen-bond acceptors (Lipinski definition) is 9. The summed E-state index contributed by atoms with van der Waals surface area (Å²) in [6, 6.07) is 15.8. The number of thioether (sulfide) groups is 1. The van der Waals surface area contributed by atoms with Crippen LogP contribution in [0.4, 0.5) is 0 Å². The molecule has 2 unspecified atom stereocenters. The van der Waals surface area contributed by atoms with Gasteiger partial charge in [-0.15, -0.1) is 16.8 Å². The van der Waals surface area contributed by atoms with Crippen LogP contribution in [0.1, 0.15) is 54.9 Å². The van der Waals surface area contributed by atoms with Crippen LogP contribution >= 0.6 is 35.0 Å². The lowest BCUT2D eigenvalue weighted by Gasteiger charge is -2.19. The van der Waals surface area contributed by atoms with E-state index in [1.807, 2.05) is 43.3 Å². The molecule has 0 aliphatic carbocycles. The average Bonchev–Trinajstić information content (AvgIpc) is 3.58. The zero-order valence-electron chi connectivity index (χ0n) is 27.1. The van der Waals surface area contributed by atoms with Crippen molar-refractivity contribution in [1.82, 2.24) is 5.06 Å².